The molecular weight excluding hydrogens is 332 g/mol. The van der Waals surface area contributed by atoms with Crippen LogP contribution in [0.2, 0.25) is 0 Å². The molecule has 0 atom stereocenters. The Morgan fingerprint density at radius 1 is 1.25 bits per heavy atom. The van der Waals surface area contributed by atoms with Gasteiger partial charge in [0.25, 0.3) is 5.91 Å². The van der Waals surface area contributed by atoms with Gasteiger partial charge in [0.15, 0.2) is 0 Å². The summed E-state index contributed by atoms with van der Waals surface area (Å²) in [6, 6.07) is 4.09. The Bertz CT molecular complexity index is 752. The number of carboxylic acids is 1. The molecule has 0 unspecified atom stereocenters. The van der Waals surface area contributed by atoms with Crippen LogP contribution in [0, 0.1) is 6.92 Å². The van der Waals surface area contributed by atoms with Crippen molar-refractivity contribution < 1.29 is 23.1 Å². The molecule has 4 N–H and O–H groups in total. The SMILES string of the molecule is Cc1ccc(S(N)(=O)=O)cc1C(=O)NC1(CC(=O)O)CCCCC1. The van der Waals surface area contributed by atoms with Crippen LogP contribution in [-0.4, -0.2) is 30.9 Å². The predicted octanol–water partition coefficient (Wildman–Crippen LogP) is 1.55. The third kappa shape index (κ3) is 4.33. The highest BCUT2D eigenvalue weighted by Crippen LogP contribution is 2.31. The monoisotopic (exact) mass is 354 g/mol. The van der Waals surface area contributed by atoms with Gasteiger partial charge >= 0.3 is 5.97 Å². The van der Waals surface area contributed by atoms with Gasteiger partial charge in [0.05, 0.1) is 16.9 Å². The fourth-order valence-electron chi connectivity index (χ4n) is 3.19. The number of carboxylic acid groups (broad SMARTS) is 1. The van der Waals surface area contributed by atoms with Crippen LogP contribution < -0.4 is 10.5 Å². The minimum atomic E-state index is -3.92. The molecule has 7 nitrogen and oxygen atoms in total. The maximum Gasteiger partial charge on any atom is 0.305 e. The largest absolute Gasteiger partial charge is 0.481 e. The van der Waals surface area contributed by atoms with Crippen molar-refractivity contribution >= 4 is 21.9 Å². The Morgan fingerprint density at radius 2 is 1.88 bits per heavy atom. The van der Waals surface area contributed by atoms with Crippen LogP contribution in [0.25, 0.3) is 0 Å². The Morgan fingerprint density at radius 3 is 2.42 bits per heavy atom. The van der Waals surface area contributed by atoms with Gasteiger partial charge < -0.3 is 10.4 Å². The number of hydrogen-bond donors (Lipinski definition) is 3. The fraction of sp³-hybridized carbons (Fsp3) is 0.500. The van der Waals surface area contributed by atoms with E-state index in [1.165, 1.54) is 18.2 Å². The van der Waals surface area contributed by atoms with E-state index in [9.17, 15) is 23.1 Å². The number of nitrogens with one attached hydrogen (secondary N) is 1. The summed E-state index contributed by atoms with van der Waals surface area (Å²) in [6.07, 6.45) is 3.76. The van der Waals surface area contributed by atoms with Crippen LogP contribution in [0.4, 0.5) is 0 Å². The van der Waals surface area contributed by atoms with Crippen molar-refractivity contribution in [3.8, 4) is 0 Å². The number of benzene rings is 1. The first-order chi connectivity index (χ1) is 11.1. The average molecular weight is 354 g/mol. The van der Waals surface area contributed by atoms with Crippen LogP contribution in [0.5, 0.6) is 0 Å². The summed E-state index contributed by atoms with van der Waals surface area (Å²) in [5.74, 6) is -1.44. The van der Waals surface area contributed by atoms with E-state index in [-0.39, 0.29) is 16.9 Å². The van der Waals surface area contributed by atoms with Crippen molar-refractivity contribution in [1.82, 2.24) is 5.32 Å². The van der Waals surface area contributed by atoms with E-state index < -0.39 is 27.4 Å². The van der Waals surface area contributed by atoms with Crippen molar-refractivity contribution in [2.75, 3.05) is 0 Å². The third-order valence-electron chi connectivity index (χ3n) is 4.46. The molecule has 0 bridgehead atoms. The molecule has 1 aromatic carbocycles. The van der Waals surface area contributed by atoms with E-state index in [1.807, 2.05) is 0 Å². The zero-order valence-electron chi connectivity index (χ0n) is 13.5. The maximum atomic E-state index is 12.7. The van der Waals surface area contributed by atoms with Crippen LogP contribution in [0.1, 0.15) is 54.4 Å². The smallest absolute Gasteiger partial charge is 0.305 e. The molecule has 1 aliphatic rings. The van der Waals surface area contributed by atoms with Crippen LogP contribution in [0.3, 0.4) is 0 Å². The van der Waals surface area contributed by atoms with E-state index in [1.54, 1.807) is 6.92 Å². The Balaban J connectivity index is 2.32. The van der Waals surface area contributed by atoms with E-state index in [2.05, 4.69) is 5.32 Å². The molecular formula is C16H22N2O5S. The number of rotatable bonds is 5. The van der Waals surface area contributed by atoms with Gasteiger partial charge in [0, 0.05) is 5.56 Å². The second-order valence-corrected chi connectivity index (χ2v) is 7.95. The van der Waals surface area contributed by atoms with E-state index in [4.69, 9.17) is 5.14 Å². The number of aliphatic carboxylic acids is 1. The molecule has 0 spiro atoms. The van der Waals surface area contributed by atoms with E-state index in [0.29, 0.717) is 18.4 Å². The van der Waals surface area contributed by atoms with Crippen LogP contribution in [-0.2, 0) is 14.8 Å². The number of sulfonamides is 1. The topological polar surface area (TPSA) is 127 Å². The number of aryl methyl sites for hydroxylation is 1. The molecule has 0 aliphatic heterocycles. The minimum Gasteiger partial charge on any atom is -0.481 e. The average Bonchev–Trinajstić information content (AvgIpc) is 2.46. The van der Waals surface area contributed by atoms with Crippen LogP contribution in [0.15, 0.2) is 23.1 Å². The summed E-state index contributed by atoms with van der Waals surface area (Å²) in [7, 11) is -3.92. The Kier molecular flexibility index (Phi) is 5.29. The molecule has 24 heavy (non-hydrogen) atoms. The van der Waals surface area contributed by atoms with Gasteiger partial charge in [0.2, 0.25) is 10.0 Å². The summed E-state index contributed by atoms with van der Waals surface area (Å²) in [5.41, 5.74) is 0.00335. The summed E-state index contributed by atoms with van der Waals surface area (Å²) < 4.78 is 23.0. The summed E-state index contributed by atoms with van der Waals surface area (Å²) in [5, 5.41) is 17.1. The van der Waals surface area contributed by atoms with Gasteiger partial charge in [-0.2, -0.15) is 0 Å². The van der Waals surface area contributed by atoms with Gasteiger partial charge in [0.1, 0.15) is 0 Å². The maximum absolute atomic E-state index is 12.7. The summed E-state index contributed by atoms with van der Waals surface area (Å²) in [6.45, 7) is 1.69. The molecule has 1 fully saturated rings. The summed E-state index contributed by atoms with van der Waals surface area (Å²) in [4.78, 5) is 23.7. The molecule has 132 valence electrons. The van der Waals surface area contributed by atoms with Crippen molar-refractivity contribution in [2.24, 2.45) is 5.14 Å². The number of hydrogen-bond acceptors (Lipinski definition) is 4. The molecule has 2 rings (SSSR count). The number of amides is 1. The van der Waals surface area contributed by atoms with Gasteiger partial charge in [-0.3, -0.25) is 9.59 Å². The molecule has 0 radical (unpaired) electrons. The lowest BCUT2D eigenvalue weighted by Crippen LogP contribution is -2.51. The predicted molar refractivity (Wildman–Crippen MR) is 88.1 cm³/mol. The summed E-state index contributed by atoms with van der Waals surface area (Å²) >= 11 is 0. The molecule has 0 heterocycles. The first kappa shape index (κ1) is 18.4. The van der Waals surface area contributed by atoms with Crippen LogP contribution >= 0.6 is 0 Å². The lowest BCUT2D eigenvalue weighted by atomic mass is 9.79. The Hall–Kier alpha value is -1.93. The Labute approximate surface area is 141 Å². The van der Waals surface area contributed by atoms with Crippen molar-refractivity contribution in [2.45, 2.75) is 55.9 Å². The van der Waals surface area contributed by atoms with E-state index >= 15 is 0 Å². The molecule has 1 saturated carbocycles. The van der Waals surface area contributed by atoms with Crippen molar-refractivity contribution in [1.29, 1.82) is 0 Å². The third-order valence-corrected chi connectivity index (χ3v) is 5.37. The van der Waals surface area contributed by atoms with Gasteiger partial charge in [-0.25, -0.2) is 13.6 Å². The highest BCUT2D eigenvalue weighted by Gasteiger charge is 2.36. The van der Waals surface area contributed by atoms with Gasteiger partial charge in [-0.15, -0.1) is 0 Å². The molecule has 1 aliphatic carbocycles. The molecule has 8 heteroatoms. The first-order valence-electron chi connectivity index (χ1n) is 7.81. The zero-order chi connectivity index (χ0) is 18.0. The minimum absolute atomic E-state index is 0.144. The molecule has 0 saturated heterocycles. The van der Waals surface area contributed by atoms with Crippen molar-refractivity contribution in [3.63, 3.8) is 0 Å². The molecule has 1 amide bonds. The lowest BCUT2D eigenvalue weighted by molar-refractivity contribution is -0.139. The normalized spacial score (nSPS) is 17.2. The van der Waals surface area contributed by atoms with Crippen molar-refractivity contribution in [3.05, 3.63) is 29.3 Å². The second kappa shape index (κ2) is 6.90. The highest BCUT2D eigenvalue weighted by atomic mass is 32.2. The number of primary sulfonamides is 1. The fourth-order valence-corrected chi connectivity index (χ4v) is 3.73. The second-order valence-electron chi connectivity index (χ2n) is 6.39. The van der Waals surface area contributed by atoms with E-state index in [0.717, 1.165) is 19.3 Å². The molecule has 1 aromatic rings. The first-order valence-corrected chi connectivity index (χ1v) is 9.35. The lowest BCUT2D eigenvalue weighted by Gasteiger charge is -2.37. The van der Waals surface area contributed by atoms with Gasteiger partial charge in [-0.05, 0) is 37.5 Å². The van der Waals surface area contributed by atoms with Gasteiger partial charge in [-0.1, -0.05) is 25.3 Å². The highest BCUT2D eigenvalue weighted by molar-refractivity contribution is 7.89. The standard InChI is InChI=1S/C16H22N2O5S/c1-11-5-6-12(24(17,22)23)9-13(11)15(21)18-16(10-14(19)20)7-3-2-4-8-16/h5-6,9H,2-4,7-8,10H2,1H3,(H,18,21)(H,19,20)(H2,17,22,23). The zero-order valence-corrected chi connectivity index (χ0v) is 14.4. The molecule has 0 aromatic heterocycles. The number of nitrogens with two attached hydrogens (primary N) is 1. The number of carbonyl (C=O) groups excluding carboxylic acids is 1. The quantitative estimate of drug-likeness (QED) is 0.739. The number of carbonyl (C=O) groups is 2.